The number of aliphatic carboxylic acids is 1. The molecule has 0 radical (unpaired) electrons. The van der Waals surface area contributed by atoms with E-state index in [0.717, 1.165) is 13.0 Å². The van der Waals surface area contributed by atoms with Crippen LogP contribution >= 0.6 is 0 Å². The average molecular weight is 360 g/mol. The topological polar surface area (TPSA) is 78.8 Å². The van der Waals surface area contributed by atoms with E-state index in [4.69, 9.17) is 4.74 Å². The zero-order valence-corrected chi connectivity index (χ0v) is 14.5. The van der Waals surface area contributed by atoms with Crippen LogP contribution in [-0.2, 0) is 4.79 Å². The molecule has 0 aliphatic carbocycles. The highest BCUT2D eigenvalue weighted by molar-refractivity contribution is 5.76. The standard InChI is InChI=1S/C18H21FN4O3/c1-26-15-5-4-13(19)12-14(15)16(17(24)25)22-8-3-9-23(11-10-22)18-20-6-2-7-21-18/h2,4-7,12,16H,3,8-11H2,1H3,(H,24,25)/t16-/m0/s1. The fourth-order valence-corrected chi connectivity index (χ4v) is 3.25. The minimum atomic E-state index is -1.03. The Balaban J connectivity index is 1.83. The molecule has 7 nitrogen and oxygen atoms in total. The number of ether oxygens (including phenoxy) is 1. The van der Waals surface area contributed by atoms with Crippen LogP contribution in [0.25, 0.3) is 0 Å². The van der Waals surface area contributed by atoms with Crippen molar-refractivity contribution in [3.63, 3.8) is 0 Å². The number of anilines is 1. The summed E-state index contributed by atoms with van der Waals surface area (Å²) in [6.45, 7) is 2.38. The Labute approximate surface area is 151 Å². The lowest BCUT2D eigenvalue weighted by molar-refractivity contribution is -0.143. The third-order valence-corrected chi connectivity index (χ3v) is 4.45. The molecule has 3 rings (SSSR count). The number of hydrogen-bond donors (Lipinski definition) is 1. The molecule has 1 aliphatic heterocycles. The van der Waals surface area contributed by atoms with Crippen LogP contribution in [0.2, 0.25) is 0 Å². The van der Waals surface area contributed by atoms with Crippen LogP contribution in [0.5, 0.6) is 5.75 Å². The summed E-state index contributed by atoms with van der Waals surface area (Å²) in [4.78, 5) is 24.4. The van der Waals surface area contributed by atoms with Crippen molar-refractivity contribution in [1.29, 1.82) is 0 Å². The average Bonchev–Trinajstić information content (AvgIpc) is 2.89. The Hall–Kier alpha value is -2.74. The maximum Gasteiger partial charge on any atom is 0.325 e. The van der Waals surface area contributed by atoms with Crippen LogP contribution < -0.4 is 9.64 Å². The first-order chi connectivity index (χ1) is 12.6. The molecule has 138 valence electrons. The third kappa shape index (κ3) is 3.91. The minimum absolute atomic E-state index is 0.324. The van der Waals surface area contributed by atoms with Crippen LogP contribution in [0.4, 0.5) is 10.3 Å². The number of rotatable bonds is 5. The van der Waals surface area contributed by atoms with E-state index >= 15 is 0 Å². The lowest BCUT2D eigenvalue weighted by atomic mass is 10.0. The van der Waals surface area contributed by atoms with Crippen LogP contribution in [-0.4, -0.2) is 59.2 Å². The van der Waals surface area contributed by atoms with Crippen LogP contribution in [0.3, 0.4) is 0 Å². The number of methoxy groups -OCH3 is 1. The van der Waals surface area contributed by atoms with Crippen molar-refractivity contribution < 1.29 is 19.0 Å². The smallest absolute Gasteiger partial charge is 0.325 e. The Kier molecular flexibility index (Phi) is 5.62. The van der Waals surface area contributed by atoms with Crippen molar-refractivity contribution in [3.05, 3.63) is 48.0 Å². The van der Waals surface area contributed by atoms with Gasteiger partial charge in [0, 0.05) is 44.1 Å². The molecule has 2 aromatic rings. The molecule has 2 heterocycles. The number of halogens is 1. The van der Waals surface area contributed by atoms with Gasteiger partial charge in [-0.1, -0.05) is 0 Å². The van der Waals surface area contributed by atoms with Gasteiger partial charge in [0.1, 0.15) is 17.6 Å². The van der Waals surface area contributed by atoms with Gasteiger partial charge in [-0.3, -0.25) is 9.69 Å². The maximum absolute atomic E-state index is 13.7. The minimum Gasteiger partial charge on any atom is -0.496 e. The lowest BCUT2D eigenvalue weighted by Crippen LogP contribution is -2.37. The van der Waals surface area contributed by atoms with Crippen molar-refractivity contribution in [1.82, 2.24) is 14.9 Å². The monoisotopic (exact) mass is 360 g/mol. The molecule has 1 aromatic carbocycles. The highest BCUT2D eigenvalue weighted by Crippen LogP contribution is 2.31. The third-order valence-electron chi connectivity index (χ3n) is 4.45. The normalized spacial score (nSPS) is 16.8. The number of carboxylic acid groups (broad SMARTS) is 1. The molecule has 1 atom stereocenters. The zero-order chi connectivity index (χ0) is 18.5. The summed E-state index contributed by atoms with van der Waals surface area (Å²) < 4.78 is 19.0. The number of hydrogen-bond acceptors (Lipinski definition) is 6. The Bertz CT molecular complexity index is 759. The number of nitrogens with zero attached hydrogens (tertiary/aromatic N) is 4. The molecular formula is C18H21FN4O3. The Morgan fingerprint density at radius 2 is 2.00 bits per heavy atom. The fourth-order valence-electron chi connectivity index (χ4n) is 3.25. The van der Waals surface area contributed by atoms with Gasteiger partial charge in [-0.15, -0.1) is 0 Å². The lowest BCUT2D eigenvalue weighted by Gasteiger charge is -2.28. The largest absolute Gasteiger partial charge is 0.496 e. The SMILES string of the molecule is COc1ccc(F)cc1[C@@H](C(=O)O)N1CCCN(c2ncccn2)CC1. The van der Waals surface area contributed by atoms with Gasteiger partial charge in [0.15, 0.2) is 0 Å². The summed E-state index contributed by atoms with van der Waals surface area (Å²) in [6, 6.07) is 4.74. The molecule has 0 spiro atoms. The van der Waals surface area contributed by atoms with Crippen LogP contribution in [0.1, 0.15) is 18.0 Å². The summed E-state index contributed by atoms with van der Waals surface area (Å²) in [6.07, 6.45) is 4.12. The first kappa shape index (κ1) is 18.1. The molecule has 1 N–H and O–H groups in total. The summed E-state index contributed by atoms with van der Waals surface area (Å²) in [5.74, 6) is -0.518. The summed E-state index contributed by atoms with van der Waals surface area (Å²) in [5.41, 5.74) is 0.324. The molecule has 0 bridgehead atoms. The van der Waals surface area contributed by atoms with Gasteiger partial charge in [0.05, 0.1) is 7.11 Å². The van der Waals surface area contributed by atoms with Crippen molar-refractivity contribution >= 4 is 11.9 Å². The van der Waals surface area contributed by atoms with Crippen LogP contribution in [0.15, 0.2) is 36.7 Å². The van der Waals surface area contributed by atoms with Crippen molar-refractivity contribution in [3.8, 4) is 5.75 Å². The maximum atomic E-state index is 13.7. The van der Waals surface area contributed by atoms with Gasteiger partial charge in [-0.2, -0.15) is 0 Å². The highest BCUT2D eigenvalue weighted by Gasteiger charge is 2.32. The summed E-state index contributed by atoms with van der Waals surface area (Å²) >= 11 is 0. The van der Waals surface area contributed by atoms with Gasteiger partial charge >= 0.3 is 5.97 Å². The Morgan fingerprint density at radius 1 is 1.23 bits per heavy atom. The van der Waals surface area contributed by atoms with Gasteiger partial charge < -0.3 is 14.7 Å². The molecule has 1 aromatic heterocycles. The van der Waals surface area contributed by atoms with Crippen molar-refractivity contribution in [2.45, 2.75) is 12.5 Å². The van der Waals surface area contributed by atoms with Gasteiger partial charge in [-0.25, -0.2) is 14.4 Å². The van der Waals surface area contributed by atoms with E-state index in [1.807, 2.05) is 9.80 Å². The summed E-state index contributed by atoms with van der Waals surface area (Å²) in [5, 5.41) is 9.81. The van der Waals surface area contributed by atoms with E-state index in [9.17, 15) is 14.3 Å². The van der Waals surface area contributed by atoms with Crippen molar-refractivity contribution in [2.75, 3.05) is 38.2 Å². The molecule has 26 heavy (non-hydrogen) atoms. The van der Waals surface area contributed by atoms with E-state index < -0.39 is 17.8 Å². The predicted octanol–water partition coefficient (Wildman–Crippen LogP) is 1.96. The number of benzene rings is 1. The molecule has 0 saturated carbocycles. The molecule has 1 aliphatic rings. The second kappa shape index (κ2) is 8.09. The van der Waals surface area contributed by atoms with Crippen LogP contribution in [0, 0.1) is 5.82 Å². The molecule has 1 fully saturated rings. The highest BCUT2D eigenvalue weighted by atomic mass is 19.1. The quantitative estimate of drug-likeness (QED) is 0.873. The van der Waals surface area contributed by atoms with E-state index in [1.54, 1.807) is 18.5 Å². The predicted molar refractivity (Wildman–Crippen MR) is 93.8 cm³/mol. The summed E-state index contributed by atoms with van der Waals surface area (Å²) in [7, 11) is 1.45. The van der Waals surface area contributed by atoms with E-state index in [2.05, 4.69) is 9.97 Å². The molecule has 0 amide bonds. The fraction of sp³-hybridized carbons (Fsp3) is 0.389. The molecule has 1 saturated heterocycles. The van der Waals surface area contributed by atoms with Gasteiger partial charge in [0.2, 0.25) is 5.95 Å². The van der Waals surface area contributed by atoms with Gasteiger partial charge in [0.25, 0.3) is 0 Å². The molecular weight excluding hydrogens is 339 g/mol. The zero-order valence-electron chi connectivity index (χ0n) is 14.5. The molecule has 8 heteroatoms. The molecule has 0 unspecified atom stereocenters. The van der Waals surface area contributed by atoms with Crippen molar-refractivity contribution in [2.24, 2.45) is 0 Å². The number of carboxylic acids is 1. The number of aromatic nitrogens is 2. The number of carbonyl (C=O) groups is 1. The first-order valence-corrected chi connectivity index (χ1v) is 8.42. The van der Waals surface area contributed by atoms with E-state index in [0.29, 0.717) is 36.9 Å². The van der Waals surface area contributed by atoms with E-state index in [1.165, 1.54) is 25.3 Å². The Morgan fingerprint density at radius 3 is 2.69 bits per heavy atom. The first-order valence-electron chi connectivity index (χ1n) is 8.42. The second-order valence-electron chi connectivity index (χ2n) is 6.05. The van der Waals surface area contributed by atoms with E-state index in [-0.39, 0.29) is 0 Å². The van der Waals surface area contributed by atoms with Gasteiger partial charge in [-0.05, 0) is 30.7 Å². The second-order valence-corrected chi connectivity index (χ2v) is 6.05.